The van der Waals surface area contributed by atoms with Gasteiger partial charge in [-0.25, -0.2) is 9.36 Å². The average molecular weight is 297 g/mol. The first-order valence-electron chi connectivity index (χ1n) is 7.24. The number of fused-ring (bicyclic) bond motifs is 1. The highest BCUT2D eigenvalue weighted by Crippen LogP contribution is 2.31. The monoisotopic (exact) mass is 297 g/mol. The lowest BCUT2D eigenvalue weighted by Gasteiger charge is -2.20. The SMILES string of the molecule is Cc1cc2c(-c3ccoc3)cccc2n1C(=O)OC(C)(C)C. The zero-order valence-electron chi connectivity index (χ0n) is 13.2. The summed E-state index contributed by atoms with van der Waals surface area (Å²) in [4.78, 5) is 12.5. The highest BCUT2D eigenvalue weighted by Gasteiger charge is 2.21. The van der Waals surface area contributed by atoms with Crippen LogP contribution in [0.3, 0.4) is 0 Å². The Morgan fingerprint density at radius 3 is 2.64 bits per heavy atom. The first-order chi connectivity index (χ1) is 10.4. The molecule has 0 amide bonds. The molecule has 0 aliphatic rings. The van der Waals surface area contributed by atoms with Crippen molar-refractivity contribution in [1.29, 1.82) is 0 Å². The van der Waals surface area contributed by atoms with Crippen LogP contribution in [0.5, 0.6) is 0 Å². The molecular weight excluding hydrogens is 278 g/mol. The van der Waals surface area contributed by atoms with Crippen molar-refractivity contribution in [3.05, 3.63) is 48.6 Å². The number of rotatable bonds is 1. The van der Waals surface area contributed by atoms with Gasteiger partial charge in [-0.15, -0.1) is 0 Å². The molecule has 0 saturated carbocycles. The number of furan rings is 1. The van der Waals surface area contributed by atoms with Crippen molar-refractivity contribution in [2.75, 3.05) is 0 Å². The van der Waals surface area contributed by atoms with E-state index in [1.165, 1.54) is 0 Å². The second kappa shape index (κ2) is 5.05. The zero-order valence-corrected chi connectivity index (χ0v) is 13.2. The Labute approximate surface area is 129 Å². The van der Waals surface area contributed by atoms with Gasteiger partial charge in [0.05, 0.1) is 18.0 Å². The van der Waals surface area contributed by atoms with Gasteiger partial charge in [0.25, 0.3) is 0 Å². The summed E-state index contributed by atoms with van der Waals surface area (Å²) in [5.74, 6) is 0. The fourth-order valence-electron chi connectivity index (χ4n) is 2.58. The summed E-state index contributed by atoms with van der Waals surface area (Å²) >= 11 is 0. The van der Waals surface area contributed by atoms with Crippen LogP contribution in [0.25, 0.3) is 22.0 Å². The fourth-order valence-corrected chi connectivity index (χ4v) is 2.58. The second-order valence-corrected chi connectivity index (χ2v) is 6.35. The van der Waals surface area contributed by atoms with Crippen molar-refractivity contribution in [3.8, 4) is 11.1 Å². The Kier molecular flexibility index (Phi) is 3.32. The predicted octanol–water partition coefficient (Wildman–Crippen LogP) is 4.99. The third-order valence-corrected chi connectivity index (χ3v) is 3.44. The summed E-state index contributed by atoms with van der Waals surface area (Å²) in [7, 11) is 0. The molecule has 22 heavy (non-hydrogen) atoms. The molecule has 114 valence electrons. The third kappa shape index (κ3) is 2.52. The topological polar surface area (TPSA) is 44.4 Å². The van der Waals surface area contributed by atoms with Crippen molar-refractivity contribution in [3.63, 3.8) is 0 Å². The van der Waals surface area contributed by atoms with Gasteiger partial charge in [0.2, 0.25) is 0 Å². The van der Waals surface area contributed by atoms with Crippen LogP contribution in [-0.4, -0.2) is 16.3 Å². The summed E-state index contributed by atoms with van der Waals surface area (Å²) in [6.45, 7) is 7.50. The lowest BCUT2D eigenvalue weighted by Crippen LogP contribution is -2.27. The van der Waals surface area contributed by atoms with E-state index in [1.54, 1.807) is 17.1 Å². The molecule has 0 saturated heterocycles. The van der Waals surface area contributed by atoms with Gasteiger partial charge in [-0.1, -0.05) is 12.1 Å². The van der Waals surface area contributed by atoms with Crippen LogP contribution in [0.15, 0.2) is 47.3 Å². The van der Waals surface area contributed by atoms with E-state index >= 15 is 0 Å². The average Bonchev–Trinajstić information content (AvgIpc) is 3.01. The highest BCUT2D eigenvalue weighted by atomic mass is 16.6. The van der Waals surface area contributed by atoms with Crippen LogP contribution in [0.4, 0.5) is 4.79 Å². The van der Waals surface area contributed by atoms with Gasteiger partial charge >= 0.3 is 6.09 Å². The Morgan fingerprint density at radius 1 is 1.23 bits per heavy atom. The molecule has 0 aliphatic carbocycles. The van der Waals surface area contributed by atoms with E-state index < -0.39 is 5.60 Å². The Bertz CT molecular complexity index is 820. The minimum Gasteiger partial charge on any atom is -0.472 e. The molecule has 0 radical (unpaired) electrons. The predicted molar refractivity (Wildman–Crippen MR) is 86.0 cm³/mol. The van der Waals surface area contributed by atoms with Crippen molar-refractivity contribution in [1.82, 2.24) is 4.57 Å². The lowest BCUT2D eigenvalue weighted by molar-refractivity contribution is 0.0542. The van der Waals surface area contributed by atoms with Gasteiger partial charge in [0.15, 0.2) is 0 Å². The van der Waals surface area contributed by atoms with Crippen LogP contribution in [-0.2, 0) is 4.74 Å². The van der Waals surface area contributed by atoms with Crippen LogP contribution in [0, 0.1) is 6.92 Å². The number of aryl methyl sites for hydroxylation is 1. The quantitative estimate of drug-likeness (QED) is 0.635. The molecule has 2 heterocycles. The number of hydrogen-bond acceptors (Lipinski definition) is 3. The van der Waals surface area contributed by atoms with E-state index in [0.717, 1.165) is 27.7 Å². The number of aromatic nitrogens is 1. The molecule has 0 bridgehead atoms. The fraction of sp³-hybridized carbons (Fsp3) is 0.278. The molecule has 0 aliphatic heterocycles. The molecule has 0 fully saturated rings. The summed E-state index contributed by atoms with van der Waals surface area (Å²) in [6, 6.07) is 9.80. The summed E-state index contributed by atoms with van der Waals surface area (Å²) < 4.78 is 12.3. The van der Waals surface area contributed by atoms with E-state index in [-0.39, 0.29) is 6.09 Å². The molecule has 2 aromatic heterocycles. The van der Waals surface area contributed by atoms with E-state index in [0.29, 0.717) is 0 Å². The van der Waals surface area contributed by atoms with Gasteiger partial charge in [0, 0.05) is 16.6 Å². The van der Waals surface area contributed by atoms with Gasteiger partial charge < -0.3 is 9.15 Å². The van der Waals surface area contributed by atoms with Crippen LogP contribution < -0.4 is 0 Å². The van der Waals surface area contributed by atoms with E-state index in [1.807, 2.05) is 58.0 Å². The maximum Gasteiger partial charge on any atom is 0.419 e. The molecule has 0 spiro atoms. The van der Waals surface area contributed by atoms with Crippen LogP contribution in [0.2, 0.25) is 0 Å². The van der Waals surface area contributed by atoms with Gasteiger partial charge in [-0.3, -0.25) is 0 Å². The standard InChI is InChI=1S/C18H19NO3/c1-12-10-15-14(13-8-9-21-11-13)6-5-7-16(15)19(12)17(20)22-18(2,3)4/h5-11H,1-4H3. The Hall–Kier alpha value is -2.49. The molecule has 0 unspecified atom stereocenters. The number of ether oxygens (including phenoxy) is 1. The molecule has 4 nitrogen and oxygen atoms in total. The van der Waals surface area contributed by atoms with E-state index in [2.05, 4.69) is 0 Å². The molecule has 4 heteroatoms. The summed E-state index contributed by atoms with van der Waals surface area (Å²) in [6.07, 6.45) is 2.99. The number of benzene rings is 1. The van der Waals surface area contributed by atoms with Crippen molar-refractivity contribution in [2.24, 2.45) is 0 Å². The normalized spacial score (nSPS) is 11.8. The molecule has 0 N–H and O–H groups in total. The minimum atomic E-state index is -0.526. The Balaban J connectivity index is 2.16. The number of carbonyl (C=O) groups is 1. The zero-order chi connectivity index (χ0) is 15.9. The van der Waals surface area contributed by atoms with Crippen LogP contribution in [0.1, 0.15) is 26.5 Å². The highest BCUT2D eigenvalue weighted by molar-refractivity contribution is 6.00. The number of nitrogens with zero attached hydrogens (tertiary/aromatic N) is 1. The van der Waals surface area contributed by atoms with E-state index in [4.69, 9.17) is 9.15 Å². The molecular formula is C18H19NO3. The van der Waals surface area contributed by atoms with Crippen LogP contribution >= 0.6 is 0 Å². The molecule has 3 rings (SSSR count). The van der Waals surface area contributed by atoms with Gasteiger partial charge in [-0.05, 0) is 51.5 Å². The summed E-state index contributed by atoms with van der Waals surface area (Å²) in [5, 5.41) is 1.01. The summed E-state index contributed by atoms with van der Waals surface area (Å²) in [5.41, 5.74) is 3.19. The first-order valence-corrected chi connectivity index (χ1v) is 7.24. The van der Waals surface area contributed by atoms with Gasteiger partial charge in [0.1, 0.15) is 5.60 Å². The smallest absolute Gasteiger partial charge is 0.419 e. The minimum absolute atomic E-state index is 0.357. The molecule has 0 atom stereocenters. The third-order valence-electron chi connectivity index (χ3n) is 3.44. The Morgan fingerprint density at radius 2 is 2.00 bits per heavy atom. The second-order valence-electron chi connectivity index (χ2n) is 6.35. The molecule has 3 aromatic rings. The molecule has 1 aromatic carbocycles. The maximum atomic E-state index is 12.5. The van der Waals surface area contributed by atoms with Crippen molar-refractivity contribution >= 4 is 17.0 Å². The first kappa shape index (κ1) is 14.4. The lowest BCUT2D eigenvalue weighted by atomic mass is 10.0. The van der Waals surface area contributed by atoms with E-state index in [9.17, 15) is 4.79 Å². The largest absolute Gasteiger partial charge is 0.472 e. The van der Waals surface area contributed by atoms with Crippen molar-refractivity contribution in [2.45, 2.75) is 33.3 Å². The maximum absolute atomic E-state index is 12.5. The number of carbonyl (C=O) groups excluding carboxylic acids is 1. The van der Waals surface area contributed by atoms with Gasteiger partial charge in [-0.2, -0.15) is 0 Å². The van der Waals surface area contributed by atoms with Crippen molar-refractivity contribution < 1.29 is 13.9 Å². The number of hydrogen-bond donors (Lipinski definition) is 0.